The number of nitrogens with zero attached hydrogens (tertiary/aromatic N) is 5. The summed E-state index contributed by atoms with van der Waals surface area (Å²) in [6.45, 7) is 5.83. The predicted octanol–water partition coefficient (Wildman–Crippen LogP) is 1.16. The minimum absolute atomic E-state index is 0.424. The van der Waals surface area contributed by atoms with E-state index >= 15 is 0 Å². The van der Waals surface area contributed by atoms with Crippen LogP contribution >= 0.6 is 0 Å². The van der Waals surface area contributed by atoms with Gasteiger partial charge in [-0.2, -0.15) is 4.98 Å². The number of fused-ring (bicyclic) bond motifs is 1. The second-order valence-electron chi connectivity index (χ2n) is 7.20. The quantitative estimate of drug-likeness (QED) is 0.625. The lowest BCUT2D eigenvalue weighted by molar-refractivity contribution is 0.121. The van der Waals surface area contributed by atoms with Crippen molar-refractivity contribution in [3.63, 3.8) is 0 Å². The first-order valence-electron chi connectivity index (χ1n) is 9.99. The molecule has 146 valence electrons. The van der Waals surface area contributed by atoms with E-state index in [4.69, 9.17) is 27.3 Å². The molecule has 0 unspecified atom stereocenters. The molecule has 0 atom stereocenters. The van der Waals surface area contributed by atoms with E-state index < -0.39 is 0 Å². The van der Waals surface area contributed by atoms with Crippen LogP contribution in [0.25, 0.3) is 22.2 Å². The first kappa shape index (κ1) is 18.3. The van der Waals surface area contributed by atoms with Gasteiger partial charge in [0.15, 0.2) is 0 Å². The zero-order chi connectivity index (χ0) is 19.6. The molecular formula is C21H22BN5O2. The van der Waals surface area contributed by atoms with E-state index in [1.165, 1.54) is 0 Å². The van der Waals surface area contributed by atoms with E-state index in [1.807, 2.05) is 30.3 Å². The molecular weight excluding hydrogens is 365 g/mol. The van der Waals surface area contributed by atoms with Gasteiger partial charge in [-0.05, 0) is 6.07 Å². The van der Waals surface area contributed by atoms with E-state index in [-0.39, 0.29) is 0 Å². The van der Waals surface area contributed by atoms with Crippen LogP contribution in [0.15, 0.2) is 36.4 Å². The fourth-order valence-corrected chi connectivity index (χ4v) is 3.80. The highest BCUT2D eigenvalue weighted by Crippen LogP contribution is 2.29. The van der Waals surface area contributed by atoms with Crippen LogP contribution in [0.3, 0.4) is 0 Å². The number of pyridine rings is 1. The molecule has 1 aromatic carbocycles. The standard InChI is InChI=1S/C21H22BN5O2/c22-19-18-16(14-17(23-19)15-4-2-1-3-5-15)20(26-6-10-28-11-7-26)25-21(24-18)27-8-12-29-13-9-27/h1-5,14H,6-13H2. The normalized spacial score (nSPS) is 17.7. The third-order valence-electron chi connectivity index (χ3n) is 5.35. The summed E-state index contributed by atoms with van der Waals surface area (Å²) in [7, 11) is 6.40. The summed E-state index contributed by atoms with van der Waals surface area (Å²) in [4.78, 5) is 18.8. The van der Waals surface area contributed by atoms with Gasteiger partial charge in [-0.1, -0.05) is 30.3 Å². The van der Waals surface area contributed by atoms with Crippen molar-refractivity contribution >= 4 is 36.1 Å². The van der Waals surface area contributed by atoms with Gasteiger partial charge in [0, 0.05) is 42.7 Å². The third kappa shape index (κ3) is 3.65. The molecule has 0 bridgehead atoms. The molecule has 29 heavy (non-hydrogen) atoms. The number of rotatable bonds is 3. The summed E-state index contributed by atoms with van der Waals surface area (Å²) in [5.41, 5.74) is 2.97. The van der Waals surface area contributed by atoms with E-state index in [2.05, 4.69) is 20.9 Å². The predicted molar refractivity (Wildman–Crippen MR) is 114 cm³/mol. The second kappa shape index (κ2) is 7.97. The molecule has 8 heteroatoms. The molecule has 2 radical (unpaired) electrons. The van der Waals surface area contributed by atoms with E-state index in [1.54, 1.807) is 0 Å². The minimum atomic E-state index is 0.424. The number of anilines is 2. The molecule has 2 saturated heterocycles. The maximum absolute atomic E-state index is 6.40. The van der Waals surface area contributed by atoms with Gasteiger partial charge in [0.2, 0.25) is 5.95 Å². The highest BCUT2D eigenvalue weighted by molar-refractivity contribution is 6.37. The molecule has 0 spiro atoms. The Labute approximate surface area is 171 Å². The molecule has 2 aliphatic rings. The smallest absolute Gasteiger partial charge is 0.228 e. The fraction of sp³-hybridized carbons (Fsp3) is 0.381. The number of hydrogen-bond acceptors (Lipinski definition) is 7. The molecule has 2 aromatic heterocycles. The minimum Gasteiger partial charge on any atom is -0.378 e. The van der Waals surface area contributed by atoms with Gasteiger partial charge in [-0.3, -0.25) is 4.98 Å². The van der Waals surface area contributed by atoms with Crippen molar-refractivity contribution in [1.82, 2.24) is 15.0 Å². The summed E-state index contributed by atoms with van der Waals surface area (Å²) < 4.78 is 11.0. The van der Waals surface area contributed by atoms with Crippen molar-refractivity contribution in [2.45, 2.75) is 0 Å². The van der Waals surface area contributed by atoms with Crippen molar-refractivity contribution in [2.24, 2.45) is 0 Å². The van der Waals surface area contributed by atoms with Crippen molar-refractivity contribution in [3.05, 3.63) is 36.4 Å². The molecule has 0 aliphatic carbocycles. The highest BCUT2D eigenvalue weighted by Gasteiger charge is 2.22. The maximum atomic E-state index is 6.40. The van der Waals surface area contributed by atoms with Gasteiger partial charge in [0.1, 0.15) is 13.7 Å². The highest BCUT2D eigenvalue weighted by atomic mass is 16.5. The van der Waals surface area contributed by atoms with Gasteiger partial charge < -0.3 is 19.3 Å². The largest absolute Gasteiger partial charge is 0.378 e. The van der Waals surface area contributed by atoms with E-state index in [0.29, 0.717) is 43.5 Å². The zero-order valence-corrected chi connectivity index (χ0v) is 16.3. The summed E-state index contributed by atoms with van der Waals surface area (Å²) in [5, 5.41) is 0.926. The van der Waals surface area contributed by atoms with Gasteiger partial charge in [0.25, 0.3) is 0 Å². The first-order valence-corrected chi connectivity index (χ1v) is 9.99. The number of ether oxygens (including phenoxy) is 2. The Bertz CT molecular complexity index is 1000. The lowest BCUT2D eigenvalue weighted by Crippen LogP contribution is -2.39. The van der Waals surface area contributed by atoms with Gasteiger partial charge >= 0.3 is 0 Å². The average Bonchev–Trinajstić information content (AvgIpc) is 2.80. The molecule has 7 nitrogen and oxygen atoms in total. The lowest BCUT2D eigenvalue weighted by Gasteiger charge is -2.31. The van der Waals surface area contributed by atoms with Crippen LogP contribution in [0.4, 0.5) is 11.8 Å². The van der Waals surface area contributed by atoms with Crippen LogP contribution in [0, 0.1) is 0 Å². The Hall–Kier alpha value is -2.71. The second-order valence-corrected chi connectivity index (χ2v) is 7.20. The monoisotopic (exact) mass is 387 g/mol. The Kier molecular flexibility index (Phi) is 5.03. The Morgan fingerprint density at radius 3 is 2.14 bits per heavy atom. The molecule has 5 rings (SSSR count). The van der Waals surface area contributed by atoms with Crippen LogP contribution in [0.1, 0.15) is 0 Å². The van der Waals surface area contributed by atoms with Crippen LogP contribution < -0.4 is 15.4 Å². The fourth-order valence-electron chi connectivity index (χ4n) is 3.80. The summed E-state index contributed by atoms with van der Waals surface area (Å²) in [5.74, 6) is 1.58. The average molecular weight is 387 g/mol. The number of hydrogen-bond donors (Lipinski definition) is 0. The van der Waals surface area contributed by atoms with Crippen molar-refractivity contribution in [1.29, 1.82) is 0 Å². The SMILES string of the molecule is [B]c1nc(-c2ccccc2)cc2c(N3CCOCC3)nc(N3CCOCC3)nc12. The molecule has 0 amide bonds. The number of morpholine rings is 2. The Morgan fingerprint density at radius 2 is 1.45 bits per heavy atom. The Morgan fingerprint density at radius 1 is 0.793 bits per heavy atom. The molecule has 0 N–H and O–H groups in total. The van der Waals surface area contributed by atoms with E-state index in [9.17, 15) is 0 Å². The van der Waals surface area contributed by atoms with Crippen molar-refractivity contribution in [3.8, 4) is 11.3 Å². The van der Waals surface area contributed by atoms with Crippen LogP contribution in [0.5, 0.6) is 0 Å². The number of aromatic nitrogens is 3. The van der Waals surface area contributed by atoms with E-state index in [0.717, 1.165) is 48.6 Å². The van der Waals surface area contributed by atoms with Crippen LogP contribution in [-0.2, 0) is 9.47 Å². The zero-order valence-electron chi connectivity index (χ0n) is 16.3. The topological polar surface area (TPSA) is 63.6 Å². The molecule has 2 aliphatic heterocycles. The van der Waals surface area contributed by atoms with Gasteiger partial charge in [-0.15, -0.1) is 0 Å². The summed E-state index contributed by atoms with van der Waals surface area (Å²) in [6, 6.07) is 12.1. The van der Waals surface area contributed by atoms with Crippen molar-refractivity contribution < 1.29 is 9.47 Å². The molecule has 0 saturated carbocycles. The summed E-state index contributed by atoms with van der Waals surface area (Å²) >= 11 is 0. The van der Waals surface area contributed by atoms with Gasteiger partial charge in [-0.25, -0.2) is 4.98 Å². The molecule has 4 heterocycles. The third-order valence-corrected chi connectivity index (χ3v) is 5.35. The molecule has 3 aromatic rings. The molecule has 2 fully saturated rings. The Balaban J connectivity index is 1.68. The van der Waals surface area contributed by atoms with Gasteiger partial charge in [0.05, 0.1) is 37.6 Å². The lowest BCUT2D eigenvalue weighted by atomic mass is 9.98. The maximum Gasteiger partial charge on any atom is 0.228 e. The van der Waals surface area contributed by atoms with Crippen molar-refractivity contribution in [2.75, 3.05) is 62.4 Å². The summed E-state index contributed by atoms with van der Waals surface area (Å²) in [6.07, 6.45) is 0. The first-order chi connectivity index (χ1) is 14.3. The van der Waals surface area contributed by atoms with Crippen LogP contribution in [0.2, 0.25) is 0 Å². The van der Waals surface area contributed by atoms with Crippen LogP contribution in [-0.4, -0.2) is 75.4 Å². The number of benzene rings is 1.